The average Bonchev–Trinajstić information content (AvgIpc) is 3.18. The summed E-state index contributed by atoms with van der Waals surface area (Å²) in [6.45, 7) is 0.646. The van der Waals surface area contributed by atoms with Gasteiger partial charge in [0.05, 0.1) is 24.0 Å². The fourth-order valence-corrected chi connectivity index (χ4v) is 3.92. The molecular weight excluding hydrogens is 358 g/mol. The molecule has 1 aliphatic carbocycles. The fourth-order valence-electron chi connectivity index (χ4n) is 3.11. The number of thiol groups is 1. The summed E-state index contributed by atoms with van der Waals surface area (Å²) in [4.78, 5) is 11.7. The van der Waals surface area contributed by atoms with Crippen molar-refractivity contribution in [3.8, 4) is 5.69 Å². The van der Waals surface area contributed by atoms with Crippen LogP contribution in [-0.4, -0.2) is 47.7 Å². The van der Waals surface area contributed by atoms with E-state index in [1.807, 2.05) is 6.08 Å². The Balaban J connectivity index is 1.85. The summed E-state index contributed by atoms with van der Waals surface area (Å²) in [7, 11) is -2.83. The summed E-state index contributed by atoms with van der Waals surface area (Å²) in [6.07, 6.45) is 6.42. The predicted molar refractivity (Wildman–Crippen MR) is 94.3 cm³/mol. The lowest BCUT2D eigenvalue weighted by molar-refractivity contribution is -0.128. The van der Waals surface area contributed by atoms with Crippen molar-refractivity contribution in [2.75, 3.05) is 10.9 Å². The van der Waals surface area contributed by atoms with Gasteiger partial charge in [0, 0.05) is 6.42 Å². The molecule has 0 saturated heterocycles. The standard InChI is InChI=1S/C16H19N5O4S/c22-12-25-10-9-13-3-1-2-4-16(13)20(26(23)24)14-5-7-15(8-6-14)21-18-11-17-19-21/h3,5-8,11-12,16,26H,1-2,4,9-10H2. The Morgan fingerprint density at radius 1 is 1.31 bits per heavy atom. The van der Waals surface area contributed by atoms with Crippen molar-refractivity contribution in [3.63, 3.8) is 0 Å². The van der Waals surface area contributed by atoms with Crippen LogP contribution in [0.15, 0.2) is 42.2 Å². The molecule has 1 heterocycles. The Hall–Kier alpha value is -2.75. The second kappa shape index (κ2) is 8.56. The molecule has 0 amide bonds. The zero-order chi connectivity index (χ0) is 18.4. The molecule has 0 radical (unpaired) electrons. The maximum absolute atomic E-state index is 12.0. The van der Waals surface area contributed by atoms with Crippen molar-refractivity contribution in [2.24, 2.45) is 0 Å². The quantitative estimate of drug-likeness (QED) is 0.317. The minimum atomic E-state index is -2.83. The van der Waals surface area contributed by atoms with E-state index in [4.69, 9.17) is 4.74 Å². The van der Waals surface area contributed by atoms with Crippen LogP contribution in [0, 0.1) is 0 Å². The first kappa shape index (κ1) is 18.1. The highest BCUT2D eigenvalue weighted by atomic mass is 32.2. The fraction of sp³-hybridized carbons (Fsp3) is 0.375. The molecule has 0 bridgehead atoms. The molecule has 138 valence electrons. The number of hydrogen-bond donors (Lipinski definition) is 1. The Labute approximate surface area is 152 Å². The summed E-state index contributed by atoms with van der Waals surface area (Å²) in [6, 6.07) is 6.65. The number of aromatic nitrogens is 4. The summed E-state index contributed by atoms with van der Waals surface area (Å²) in [5.74, 6) is 0. The number of ether oxygens (including phenoxy) is 1. The summed E-state index contributed by atoms with van der Waals surface area (Å²) >= 11 is 0. The third kappa shape index (κ3) is 4.07. The van der Waals surface area contributed by atoms with Gasteiger partial charge in [-0.05, 0) is 54.3 Å². The normalized spacial score (nSPS) is 17.0. The maximum atomic E-state index is 12.0. The number of carbonyl (C=O) groups excluding carboxylic acids is 1. The number of nitrogens with zero attached hydrogens (tertiary/aromatic N) is 5. The monoisotopic (exact) mass is 377 g/mol. The van der Waals surface area contributed by atoms with E-state index in [1.165, 1.54) is 15.4 Å². The highest BCUT2D eigenvalue weighted by Gasteiger charge is 2.26. The van der Waals surface area contributed by atoms with E-state index in [2.05, 4.69) is 15.4 Å². The van der Waals surface area contributed by atoms with E-state index in [9.17, 15) is 13.2 Å². The van der Waals surface area contributed by atoms with Crippen molar-refractivity contribution in [1.82, 2.24) is 20.2 Å². The minimum absolute atomic E-state index is 0.242. The van der Waals surface area contributed by atoms with E-state index < -0.39 is 10.9 Å². The maximum Gasteiger partial charge on any atom is 0.293 e. The Kier molecular flexibility index (Phi) is 5.95. The Morgan fingerprint density at radius 3 is 2.77 bits per heavy atom. The largest absolute Gasteiger partial charge is 0.468 e. The van der Waals surface area contributed by atoms with Crippen molar-refractivity contribution in [3.05, 3.63) is 42.2 Å². The highest BCUT2D eigenvalue weighted by Crippen LogP contribution is 2.30. The van der Waals surface area contributed by atoms with Crippen LogP contribution in [0.5, 0.6) is 0 Å². The summed E-state index contributed by atoms with van der Waals surface area (Å²) < 4.78 is 30.2. The highest BCUT2D eigenvalue weighted by molar-refractivity contribution is 7.74. The zero-order valence-electron chi connectivity index (χ0n) is 14.0. The number of benzene rings is 1. The van der Waals surface area contributed by atoms with E-state index in [-0.39, 0.29) is 12.6 Å². The molecule has 3 rings (SSSR count). The van der Waals surface area contributed by atoms with E-state index in [1.54, 1.807) is 24.3 Å². The predicted octanol–water partition coefficient (Wildman–Crippen LogP) is 1.04. The molecule has 0 saturated carbocycles. The van der Waals surface area contributed by atoms with Crippen LogP contribution in [0.1, 0.15) is 25.7 Å². The number of hydrogen-bond acceptors (Lipinski definition) is 7. The van der Waals surface area contributed by atoms with Gasteiger partial charge in [-0.15, -0.1) is 15.0 Å². The molecule has 9 nitrogen and oxygen atoms in total. The van der Waals surface area contributed by atoms with Gasteiger partial charge in [0.2, 0.25) is 10.9 Å². The molecule has 26 heavy (non-hydrogen) atoms. The summed E-state index contributed by atoms with van der Waals surface area (Å²) in [5, 5.41) is 11.4. The van der Waals surface area contributed by atoms with Gasteiger partial charge in [0.1, 0.15) is 0 Å². The van der Waals surface area contributed by atoms with Crippen molar-refractivity contribution < 1.29 is 17.9 Å². The molecule has 0 spiro atoms. The van der Waals surface area contributed by atoms with Crippen LogP contribution in [0.25, 0.3) is 5.69 Å². The van der Waals surface area contributed by atoms with Crippen LogP contribution in [0.2, 0.25) is 0 Å². The van der Waals surface area contributed by atoms with E-state index in [0.717, 1.165) is 24.8 Å². The Bertz CT molecular complexity index is 825. The molecule has 1 unspecified atom stereocenters. The van der Waals surface area contributed by atoms with E-state index in [0.29, 0.717) is 24.3 Å². The van der Waals surface area contributed by atoms with Crippen LogP contribution in [0.3, 0.4) is 0 Å². The number of anilines is 1. The zero-order valence-corrected chi connectivity index (χ0v) is 14.9. The molecule has 2 aromatic rings. The molecule has 1 atom stereocenters. The number of rotatable bonds is 8. The van der Waals surface area contributed by atoms with Crippen molar-refractivity contribution in [1.29, 1.82) is 0 Å². The SMILES string of the molecule is O=COCCC1=CCCCC1N(c1ccc(-n2ncnn2)cc1)[SH](=O)=O. The third-order valence-corrected chi connectivity index (χ3v) is 5.12. The lowest BCUT2D eigenvalue weighted by atomic mass is 9.92. The van der Waals surface area contributed by atoms with Crippen LogP contribution < -0.4 is 4.31 Å². The van der Waals surface area contributed by atoms with Crippen LogP contribution in [-0.2, 0) is 20.4 Å². The van der Waals surface area contributed by atoms with E-state index >= 15 is 0 Å². The van der Waals surface area contributed by atoms with Gasteiger partial charge in [-0.1, -0.05) is 6.08 Å². The van der Waals surface area contributed by atoms with Gasteiger partial charge in [-0.3, -0.25) is 9.10 Å². The van der Waals surface area contributed by atoms with Crippen LogP contribution in [0.4, 0.5) is 5.69 Å². The molecule has 1 aromatic heterocycles. The first-order valence-electron chi connectivity index (χ1n) is 8.22. The molecule has 0 N–H and O–H groups in total. The molecule has 1 aliphatic rings. The Morgan fingerprint density at radius 2 is 2.12 bits per heavy atom. The van der Waals surface area contributed by atoms with Gasteiger partial charge >= 0.3 is 0 Å². The molecular formula is C16H19N5O4S. The lowest BCUT2D eigenvalue weighted by Gasteiger charge is -2.33. The molecule has 0 aliphatic heterocycles. The lowest BCUT2D eigenvalue weighted by Crippen LogP contribution is -2.37. The smallest absolute Gasteiger partial charge is 0.293 e. The van der Waals surface area contributed by atoms with Gasteiger partial charge < -0.3 is 4.74 Å². The number of carbonyl (C=O) groups is 1. The van der Waals surface area contributed by atoms with Gasteiger partial charge in [0.15, 0.2) is 6.33 Å². The second-order valence-corrected chi connectivity index (χ2v) is 6.67. The molecule has 10 heteroatoms. The van der Waals surface area contributed by atoms with Crippen molar-refractivity contribution in [2.45, 2.75) is 31.7 Å². The first-order valence-corrected chi connectivity index (χ1v) is 9.35. The molecule has 0 fully saturated rings. The third-order valence-electron chi connectivity index (χ3n) is 4.26. The number of tetrazole rings is 1. The summed E-state index contributed by atoms with van der Waals surface area (Å²) in [5.41, 5.74) is 2.23. The average molecular weight is 377 g/mol. The van der Waals surface area contributed by atoms with Crippen LogP contribution >= 0.6 is 0 Å². The van der Waals surface area contributed by atoms with Gasteiger partial charge in [-0.2, -0.15) is 0 Å². The van der Waals surface area contributed by atoms with Crippen molar-refractivity contribution >= 4 is 23.0 Å². The first-order chi connectivity index (χ1) is 12.7. The molecule has 1 aromatic carbocycles. The van der Waals surface area contributed by atoms with Gasteiger partial charge in [0.25, 0.3) is 6.47 Å². The minimum Gasteiger partial charge on any atom is -0.468 e. The second-order valence-electron chi connectivity index (χ2n) is 5.77. The van der Waals surface area contributed by atoms with Gasteiger partial charge in [-0.25, -0.2) is 8.42 Å². The number of allylic oxidation sites excluding steroid dienone is 1. The topological polar surface area (TPSA) is 107 Å².